The standard InChI is InChI=1S/C19H15N3O4S.C17H17NO2S.C15H16N2OS.C14H12N2O2S.C14H11NO2S/c1-21-17(23)13(18(24)22(2)19(21)25)10-12-7-8-16(26-12)27-15-9-11-5-3-4-6-14(11)20-15;1-12(19)5-4-7-14-9-10-17(20-14)21-16-11-13-6-2-3-8-15(13)18-16;1-17(2)10-12-7-8-15(18-12)19-14-9-11-5-3-4-6-13(11)16-14;1-9(17)12-7-8-13(18-12)19-14-15-10-5-3-4-6-11(10)16(14)2;1-9(16)12-6-7-14(17-12)18-13-8-10-4-2-3-5-11(10)15-13/h3-8,10H,9H2,1-2H3;2-3,6,8-10H,4-5,7,11H2,1H3;3-8H,9-10H2,1-2H3;3-8H,1-2H3;2-7H,8H2,1H3. The van der Waals surface area contributed by atoms with Gasteiger partial charge in [-0.3, -0.25) is 29.0 Å². The molecule has 5 aliphatic heterocycles. The Hall–Kier alpha value is -10.3. The van der Waals surface area contributed by atoms with Crippen molar-refractivity contribution < 1.29 is 50.9 Å². The van der Waals surface area contributed by atoms with E-state index in [2.05, 4.69) is 60.2 Å². The number of likely N-dealkylation sites (N-methyl/N-ethyl adjacent to an activating group) is 2. The van der Waals surface area contributed by atoms with Crippen molar-refractivity contribution in [2.75, 3.05) is 28.2 Å². The Balaban J connectivity index is 0.000000123. The number of ketones is 3. The first kappa shape index (κ1) is 73.5. The van der Waals surface area contributed by atoms with Crippen molar-refractivity contribution in [3.8, 4) is 0 Å². The Kier molecular flexibility index (Phi) is 23.9. The number of carbonyl (C=O) groups excluding carboxylic acids is 6. The number of urea groups is 1. The number of aryl methyl sites for hydroxylation is 2. The number of imide groups is 2. The minimum absolute atomic E-state index is 0.0569. The van der Waals surface area contributed by atoms with Crippen LogP contribution in [-0.4, -0.2) is 108 Å². The van der Waals surface area contributed by atoms with Gasteiger partial charge in [0.25, 0.3) is 11.8 Å². The van der Waals surface area contributed by atoms with E-state index < -0.39 is 17.8 Å². The number of Topliss-reactive ketones (excluding diaryl/α,β-unsaturated/α-hetero) is 3. The number of para-hydroxylation sites is 6. The molecule has 0 unspecified atom stereocenters. The van der Waals surface area contributed by atoms with Crippen LogP contribution in [0, 0.1) is 0 Å². The van der Waals surface area contributed by atoms with E-state index in [4.69, 9.17) is 22.1 Å². The Labute approximate surface area is 621 Å². The Bertz CT molecular complexity index is 5190. The number of imidazole rings is 1. The number of nitrogens with zero attached hydrogens (tertiary/aromatic N) is 9. The van der Waals surface area contributed by atoms with Gasteiger partial charge in [0.05, 0.1) is 60.5 Å². The number of carbonyl (C=O) groups is 6. The van der Waals surface area contributed by atoms with Gasteiger partial charge in [0.2, 0.25) is 0 Å². The van der Waals surface area contributed by atoms with Gasteiger partial charge in [0.1, 0.15) is 28.6 Å². The van der Waals surface area contributed by atoms with E-state index in [1.165, 1.54) is 91.6 Å². The molecule has 5 aliphatic rings. The molecular weight excluding hydrogens is 1410 g/mol. The molecule has 4 amide bonds. The Morgan fingerprint density at radius 3 is 1.29 bits per heavy atom. The number of aliphatic imine (C=N–C) groups is 4. The van der Waals surface area contributed by atoms with Crippen molar-refractivity contribution in [3.05, 3.63) is 239 Å². The molecule has 0 atom stereocenters. The summed E-state index contributed by atoms with van der Waals surface area (Å²) in [5.74, 6) is 1.87. The molecule has 0 saturated carbocycles. The van der Waals surface area contributed by atoms with Gasteiger partial charge in [0, 0.05) is 73.5 Å². The van der Waals surface area contributed by atoms with Crippen LogP contribution in [0.5, 0.6) is 0 Å². The predicted octanol–water partition coefficient (Wildman–Crippen LogP) is 18.8. The molecule has 0 radical (unpaired) electrons. The quantitative estimate of drug-likeness (QED) is 0.0526. The molecule has 16 rings (SSSR count). The molecule has 0 N–H and O–H groups in total. The highest BCUT2D eigenvalue weighted by atomic mass is 32.2. The van der Waals surface area contributed by atoms with Crippen LogP contribution in [0.4, 0.5) is 27.5 Å². The second kappa shape index (κ2) is 33.9. The van der Waals surface area contributed by atoms with Crippen molar-refractivity contribution in [1.29, 1.82) is 0 Å². The molecule has 104 heavy (non-hydrogen) atoms. The molecule has 0 aliphatic carbocycles. The van der Waals surface area contributed by atoms with E-state index in [9.17, 15) is 28.8 Å². The summed E-state index contributed by atoms with van der Waals surface area (Å²) in [6.45, 7) is 5.44. The summed E-state index contributed by atoms with van der Waals surface area (Å²) < 4.78 is 30.2. The molecule has 5 aromatic carbocycles. The lowest BCUT2D eigenvalue weighted by atomic mass is 10.1. The fourth-order valence-corrected chi connectivity index (χ4v) is 15.4. The zero-order chi connectivity index (χ0) is 73.0. The van der Waals surface area contributed by atoms with Crippen LogP contribution in [0.1, 0.15) is 94.3 Å². The van der Waals surface area contributed by atoms with Crippen LogP contribution in [0.15, 0.2) is 260 Å². The highest BCUT2D eigenvalue weighted by Crippen LogP contribution is 2.39. The van der Waals surface area contributed by atoms with Gasteiger partial charge in [0.15, 0.2) is 53.7 Å². The smallest absolute Gasteiger partial charge is 0.333 e. The van der Waals surface area contributed by atoms with Crippen LogP contribution in [-0.2, 0) is 60.1 Å². The van der Waals surface area contributed by atoms with E-state index >= 15 is 0 Å². The minimum atomic E-state index is -0.656. The van der Waals surface area contributed by atoms with Crippen molar-refractivity contribution >= 4 is 154 Å². The minimum Gasteiger partial charge on any atom is -0.454 e. The first-order valence-electron chi connectivity index (χ1n) is 33.1. The number of hydrogen-bond donors (Lipinski definition) is 0. The van der Waals surface area contributed by atoms with Crippen molar-refractivity contribution in [2.24, 2.45) is 27.0 Å². The van der Waals surface area contributed by atoms with Crippen molar-refractivity contribution in [2.45, 2.75) is 103 Å². The summed E-state index contributed by atoms with van der Waals surface area (Å²) in [7, 11) is 8.70. The third-order valence-corrected chi connectivity index (χ3v) is 20.7. The molecule has 6 aromatic heterocycles. The average molecular weight is 1480 g/mol. The van der Waals surface area contributed by atoms with E-state index in [1.807, 2.05) is 147 Å². The van der Waals surface area contributed by atoms with Gasteiger partial charge in [-0.1, -0.05) is 84.9 Å². The summed E-state index contributed by atoms with van der Waals surface area (Å²) in [5, 5.41) is 8.72. The normalized spacial score (nSPS) is 13.8. The largest absolute Gasteiger partial charge is 0.454 e. The fourth-order valence-electron chi connectivity index (χ4n) is 11.0. The summed E-state index contributed by atoms with van der Waals surface area (Å²) in [4.78, 5) is 96.3. The van der Waals surface area contributed by atoms with Crippen LogP contribution in [0.2, 0.25) is 0 Å². The lowest BCUT2D eigenvalue weighted by Gasteiger charge is -2.28. The van der Waals surface area contributed by atoms with Crippen LogP contribution in [0.25, 0.3) is 17.1 Å². The van der Waals surface area contributed by atoms with Gasteiger partial charge in [-0.2, -0.15) is 0 Å². The molecule has 11 aromatic rings. The average Bonchev–Trinajstić information content (AvgIpc) is 1.42. The predicted molar refractivity (Wildman–Crippen MR) is 411 cm³/mol. The van der Waals surface area contributed by atoms with Gasteiger partial charge in [-0.25, -0.2) is 29.7 Å². The number of aromatic nitrogens is 2. The van der Waals surface area contributed by atoms with Crippen molar-refractivity contribution in [1.82, 2.24) is 24.3 Å². The first-order valence-corrected chi connectivity index (χ1v) is 37.2. The lowest BCUT2D eigenvalue weighted by molar-refractivity contribution is -0.134. The fraction of sp³-hybridized carbons (Fsp3) is 0.203. The highest BCUT2D eigenvalue weighted by Gasteiger charge is 2.38. The monoisotopic (exact) mass is 1480 g/mol. The molecule has 25 heteroatoms. The van der Waals surface area contributed by atoms with Gasteiger partial charge in [-0.05, 0) is 212 Å². The molecule has 1 fully saturated rings. The van der Waals surface area contributed by atoms with E-state index in [-0.39, 0.29) is 22.9 Å². The maximum atomic E-state index is 12.2. The molecule has 0 bridgehead atoms. The number of rotatable bonds is 15. The number of fused-ring (bicyclic) bond motifs is 5. The zero-order valence-corrected chi connectivity index (χ0v) is 62.2. The summed E-state index contributed by atoms with van der Waals surface area (Å²) in [6.07, 6.45) is 6.99. The SMILES string of the molecule is CC(=O)CCCc1ccc(SC2=Nc3ccccc3C2)o1.CC(=O)c1ccc(SC2=Nc3ccccc3C2)o1.CC(=O)c1ccc(Sc2nc3ccccc3n2C)o1.CN(C)Cc1ccc(SC2=Nc3ccccc3C2)o1.CN1C(=O)C(=Cc2ccc(SC3=Nc4ccccc4C3)o2)C(=O)N(C)C1=O. The third kappa shape index (κ3) is 18.9. The number of barbiturate groups is 1. The van der Waals surface area contributed by atoms with E-state index in [0.29, 0.717) is 39.0 Å². The molecular formula is C79H71N9O11S5. The highest BCUT2D eigenvalue weighted by molar-refractivity contribution is 8.14. The zero-order valence-electron chi connectivity index (χ0n) is 58.1. The number of furan rings is 5. The first-order chi connectivity index (χ1) is 50.2. The van der Waals surface area contributed by atoms with Crippen LogP contribution in [0.3, 0.4) is 0 Å². The summed E-state index contributed by atoms with van der Waals surface area (Å²) >= 11 is 7.50. The second-order valence-electron chi connectivity index (χ2n) is 24.5. The maximum absolute atomic E-state index is 12.2. The summed E-state index contributed by atoms with van der Waals surface area (Å²) in [5.41, 5.74) is 11.0. The third-order valence-electron chi connectivity index (χ3n) is 16.2. The van der Waals surface area contributed by atoms with Crippen LogP contribution >= 0.6 is 58.8 Å². The number of benzene rings is 5. The molecule has 11 heterocycles. The lowest BCUT2D eigenvalue weighted by Crippen LogP contribution is -2.52. The summed E-state index contributed by atoms with van der Waals surface area (Å²) in [6, 6.07) is 58.3. The van der Waals surface area contributed by atoms with Gasteiger partial charge >= 0.3 is 6.03 Å². The number of hydrogen-bond acceptors (Lipinski definition) is 22. The van der Waals surface area contributed by atoms with Gasteiger partial charge < -0.3 is 36.3 Å². The second-order valence-corrected chi connectivity index (χ2v) is 29.8. The van der Waals surface area contributed by atoms with Crippen LogP contribution < -0.4 is 0 Å². The molecule has 20 nitrogen and oxygen atoms in total. The van der Waals surface area contributed by atoms with E-state index in [1.54, 1.807) is 60.8 Å². The maximum Gasteiger partial charge on any atom is 0.333 e. The van der Waals surface area contributed by atoms with Crippen molar-refractivity contribution in [3.63, 3.8) is 0 Å². The Morgan fingerprint density at radius 1 is 0.462 bits per heavy atom. The van der Waals surface area contributed by atoms with E-state index in [0.717, 1.165) is 136 Å². The molecule has 528 valence electrons. The Morgan fingerprint density at radius 2 is 0.856 bits per heavy atom. The molecule has 0 spiro atoms. The molecule has 1 saturated heterocycles. The van der Waals surface area contributed by atoms with Gasteiger partial charge in [-0.15, -0.1) is 0 Å². The number of thioether (sulfide) groups is 4. The topological polar surface area (TPSA) is 245 Å². The number of amides is 4.